The molecule has 0 amide bonds. The van der Waals surface area contributed by atoms with Crippen molar-refractivity contribution in [3.05, 3.63) is 35.9 Å². The Labute approximate surface area is 128 Å². The van der Waals surface area contributed by atoms with E-state index >= 15 is 0 Å². The number of hydrogen-bond donors (Lipinski definition) is 1. The maximum absolute atomic E-state index is 9.24. The van der Waals surface area contributed by atoms with E-state index in [1.54, 1.807) is 0 Å². The fourth-order valence-corrected chi connectivity index (χ4v) is 4.11. The Hall–Kier alpha value is -1.37. The fourth-order valence-electron chi connectivity index (χ4n) is 4.11. The molecule has 2 unspecified atom stereocenters. The van der Waals surface area contributed by atoms with Crippen LogP contribution in [0.25, 0.3) is 0 Å². The molecular weight excluding hydrogens is 258 g/mol. The van der Waals surface area contributed by atoms with Gasteiger partial charge in [0.05, 0.1) is 12.5 Å². The molecule has 3 heteroatoms. The highest BCUT2D eigenvalue weighted by molar-refractivity contribution is 5.20. The van der Waals surface area contributed by atoms with Crippen LogP contribution in [0.1, 0.15) is 43.7 Å². The second-order valence-corrected chi connectivity index (χ2v) is 6.64. The van der Waals surface area contributed by atoms with Gasteiger partial charge in [0.1, 0.15) is 0 Å². The minimum Gasteiger partial charge on any atom is -0.316 e. The summed E-state index contributed by atoms with van der Waals surface area (Å²) in [5.41, 5.74) is 1.73. The second-order valence-electron chi connectivity index (χ2n) is 6.64. The Morgan fingerprint density at radius 2 is 2.05 bits per heavy atom. The zero-order valence-corrected chi connectivity index (χ0v) is 12.7. The molecule has 3 nitrogen and oxygen atoms in total. The van der Waals surface area contributed by atoms with Gasteiger partial charge >= 0.3 is 0 Å². The Kier molecular flexibility index (Phi) is 4.57. The van der Waals surface area contributed by atoms with Gasteiger partial charge in [0.25, 0.3) is 0 Å². The largest absolute Gasteiger partial charge is 0.316 e. The van der Waals surface area contributed by atoms with Crippen LogP contribution in [-0.2, 0) is 0 Å². The predicted molar refractivity (Wildman–Crippen MR) is 84.8 cm³/mol. The van der Waals surface area contributed by atoms with E-state index in [0.29, 0.717) is 11.8 Å². The molecule has 2 atom stereocenters. The van der Waals surface area contributed by atoms with E-state index in [4.69, 9.17) is 0 Å². The molecule has 2 aliphatic rings. The number of nitrogens with zero attached hydrogens (tertiary/aromatic N) is 2. The third kappa shape index (κ3) is 3.28. The van der Waals surface area contributed by atoms with Crippen molar-refractivity contribution in [2.24, 2.45) is 5.41 Å². The molecule has 1 N–H and O–H groups in total. The summed E-state index contributed by atoms with van der Waals surface area (Å²) in [6.07, 6.45) is 5.82. The highest BCUT2D eigenvalue weighted by Gasteiger charge is 2.38. The van der Waals surface area contributed by atoms with Gasteiger partial charge in [0.2, 0.25) is 0 Å². The highest BCUT2D eigenvalue weighted by atomic mass is 15.2. The fraction of sp³-hybridized carbons (Fsp3) is 0.611. The SMILES string of the molecule is N#CCC(c1ccccc1)N1CCCC2(CCCNC2)C1. The Morgan fingerprint density at radius 3 is 2.76 bits per heavy atom. The van der Waals surface area contributed by atoms with E-state index in [-0.39, 0.29) is 6.04 Å². The lowest BCUT2D eigenvalue weighted by Gasteiger charge is -2.47. The number of piperidine rings is 2. The van der Waals surface area contributed by atoms with Gasteiger partial charge in [-0.15, -0.1) is 0 Å². The Morgan fingerprint density at radius 1 is 1.24 bits per heavy atom. The van der Waals surface area contributed by atoms with E-state index < -0.39 is 0 Å². The maximum Gasteiger partial charge on any atom is 0.0641 e. The number of hydrogen-bond acceptors (Lipinski definition) is 3. The van der Waals surface area contributed by atoms with Crippen molar-refractivity contribution >= 4 is 0 Å². The number of nitrogens with one attached hydrogen (secondary N) is 1. The molecule has 0 aromatic heterocycles. The minimum atomic E-state index is 0.260. The highest BCUT2D eigenvalue weighted by Crippen LogP contribution is 2.39. The molecule has 2 saturated heterocycles. The van der Waals surface area contributed by atoms with Gasteiger partial charge in [0, 0.05) is 19.1 Å². The third-order valence-electron chi connectivity index (χ3n) is 5.16. The van der Waals surface area contributed by atoms with Crippen LogP contribution in [0.4, 0.5) is 0 Å². The molecule has 21 heavy (non-hydrogen) atoms. The van der Waals surface area contributed by atoms with E-state index in [1.807, 2.05) is 0 Å². The molecule has 2 fully saturated rings. The molecule has 1 spiro atoms. The van der Waals surface area contributed by atoms with Gasteiger partial charge < -0.3 is 5.32 Å². The molecule has 1 aromatic rings. The lowest BCUT2D eigenvalue weighted by molar-refractivity contribution is 0.0378. The van der Waals surface area contributed by atoms with Crippen LogP contribution in [0.5, 0.6) is 0 Å². The van der Waals surface area contributed by atoms with E-state index in [9.17, 15) is 5.26 Å². The maximum atomic E-state index is 9.24. The number of likely N-dealkylation sites (tertiary alicyclic amines) is 1. The molecule has 3 rings (SSSR count). The van der Waals surface area contributed by atoms with Gasteiger partial charge in [-0.05, 0) is 49.8 Å². The van der Waals surface area contributed by atoms with Crippen LogP contribution in [0.3, 0.4) is 0 Å². The molecule has 1 aromatic carbocycles. The van der Waals surface area contributed by atoms with Crippen molar-refractivity contribution in [1.82, 2.24) is 10.2 Å². The van der Waals surface area contributed by atoms with Crippen molar-refractivity contribution in [2.45, 2.75) is 38.1 Å². The Bertz CT molecular complexity index is 479. The zero-order chi connectivity index (χ0) is 14.5. The molecule has 2 aliphatic heterocycles. The van der Waals surface area contributed by atoms with Crippen molar-refractivity contribution in [3.8, 4) is 6.07 Å². The normalized spacial score (nSPS) is 28.1. The van der Waals surface area contributed by atoms with Gasteiger partial charge in [-0.2, -0.15) is 5.26 Å². The van der Waals surface area contributed by atoms with E-state index in [1.165, 1.54) is 37.8 Å². The number of nitriles is 1. The predicted octanol–water partition coefficient (Wildman–Crippen LogP) is 3.11. The molecule has 0 saturated carbocycles. The van der Waals surface area contributed by atoms with Gasteiger partial charge in [0.15, 0.2) is 0 Å². The van der Waals surface area contributed by atoms with E-state index in [2.05, 4.69) is 46.6 Å². The van der Waals surface area contributed by atoms with Crippen LogP contribution in [0.15, 0.2) is 30.3 Å². The number of benzene rings is 1. The first-order valence-corrected chi connectivity index (χ1v) is 8.20. The van der Waals surface area contributed by atoms with Crippen LogP contribution in [0.2, 0.25) is 0 Å². The Balaban J connectivity index is 1.78. The van der Waals surface area contributed by atoms with Crippen molar-refractivity contribution in [2.75, 3.05) is 26.2 Å². The summed E-state index contributed by atoms with van der Waals surface area (Å²) < 4.78 is 0. The second kappa shape index (κ2) is 6.60. The topological polar surface area (TPSA) is 39.1 Å². The van der Waals surface area contributed by atoms with Crippen LogP contribution >= 0.6 is 0 Å². The van der Waals surface area contributed by atoms with E-state index in [0.717, 1.165) is 19.6 Å². The summed E-state index contributed by atoms with van der Waals surface area (Å²) >= 11 is 0. The molecular formula is C18H25N3. The van der Waals surface area contributed by atoms with Crippen LogP contribution in [-0.4, -0.2) is 31.1 Å². The average Bonchev–Trinajstić information content (AvgIpc) is 2.54. The molecule has 0 bridgehead atoms. The summed E-state index contributed by atoms with van der Waals surface area (Å²) in [6, 6.07) is 13.2. The van der Waals surface area contributed by atoms with Crippen molar-refractivity contribution in [1.29, 1.82) is 5.26 Å². The van der Waals surface area contributed by atoms with Crippen LogP contribution < -0.4 is 5.32 Å². The van der Waals surface area contributed by atoms with Gasteiger partial charge in [-0.3, -0.25) is 4.90 Å². The van der Waals surface area contributed by atoms with Crippen molar-refractivity contribution < 1.29 is 0 Å². The molecule has 2 heterocycles. The smallest absolute Gasteiger partial charge is 0.0641 e. The first-order chi connectivity index (χ1) is 10.3. The monoisotopic (exact) mass is 283 g/mol. The summed E-state index contributed by atoms with van der Waals surface area (Å²) in [6.45, 7) is 4.59. The first-order valence-electron chi connectivity index (χ1n) is 8.20. The third-order valence-corrected chi connectivity index (χ3v) is 5.16. The zero-order valence-electron chi connectivity index (χ0n) is 12.7. The number of rotatable bonds is 3. The summed E-state index contributed by atoms with van der Waals surface area (Å²) in [5.74, 6) is 0. The molecule has 0 aliphatic carbocycles. The van der Waals surface area contributed by atoms with Gasteiger partial charge in [-0.25, -0.2) is 0 Å². The van der Waals surface area contributed by atoms with Gasteiger partial charge in [-0.1, -0.05) is 30.3 Å². The summed E-state index contributed by atoms with van der Waals surface area (Å²) in [4.78, 5) is 2.56. The lowest BCUT2D eigenvalue weighted by atomic mass is 9.74. The average molecular weight is 283 g/mol. The summed E-state index contributed by atoms with van der Waals surface area (Å²) in [7, 11) is 0. The lowest BCUT2D eigenvalue weighted by Crippen LogP contribution is -2.51. The summed E-state index contributed by atoms with van der Waals surface area (Å²) in [5, 5.41) is 12.8. The minimum absolute atomic E-state index is 0.260. The standard InChI is InChI=1S/C18H25N3/c19-11-8-17(16-6-2-1-3-7-16)21-13-5-10-18(15-21)9-4-12-20-14-18/h1-3,6-7,17,20H,4-5,8-10,12-15H2. The quantitative estimate of drug-likeness (QED) is 0.926. The van der Waals surface area contributed by atoms with Crippen molar-refractivity contribution in [3.63, 3.8) is 0 Å². The molecule has 112 valence electrons. The first kappa shape index (κ1) is 14.6. The molecule has 0 radical (unpaired) electrons. The van der Waals surface area contributed by atoms with Crippen LogP contribution in [0, 0.1) is 16.7 Å².